The van der Waals surface area contributed by atoms with Crippen LogP contribution in [0.3, 0.4) is 0 Å². The van der Waals surface area contributed by atoms with E-state index in [0.29, 0.717) is 28.1 Å². The Morgan fingerprint density at radius 3 is 2.14 bits per heavy atom. The van der Waals surface area contributed by atoms with Crippen LogP contribution in [0.5, 0.6) is 17.2 Å². The molecule has 0 aliphatic carbocycles. The van der Waals surface area contributed by atoms with Gasteiger partial charge in [0.1, 0.15) is 10.6 Å². The Hall–Kier alpha value is -3.05. The lowest BCUT2D eigenvalue weighted by Gasteiger charge is -2.22. The molecule has 0 saturated carbocycles. The largest absolute Gasteiger partial charge is 0.493 e. The predicted molar refractivity (Wildman–Crippen MR) is 117 cm³/mol. The fraction of sp³-hybridized carbons (Fsp3) is 0.381. The lowest BCUT2D eigenvalue weighted by molar-refractivity contribution is 0.324. The Balaban J connectivity index is 2.32. The topological polar surface area (TPSA) is 61.1 Å². The summed E-state index contributed by atoms with van der Waals surface area (Å²) in [6.07, 6.45) is 0. The average Bonchev–Trinajstić information content (AvgIpc) is 3.08. The average molecular weight is 413 g/mol. The number of rotatable bonds is 7. The molecule has 1 aromatic carbocycles. The molecule has 0 aliphatic heterocycles. The Morgan fingerprint density at radius 1 is 1.03 bits per heavy atom. The highest BCUT2D eigenvalue weighted by atomic mass is 32.1. The molecule has 0 amide bonds. The Morgan fingerprint density at radius 2 is 1.66 bits per heavy atom. The number of methoxy groups -OCH3 is 3. The van der Waals surface area contributed by atoms with E-state index in [1.54, 1.807) is 21.3 Å². The minimum absolute atomic E-state index is 0.519. The second-order valence-electron chi connectivity index (χ2n) is 6.28. The van der Waals surface area contributed by atoms with Crippen molar-refractivity contribution in [1.82, 2.24) is 9.97 Å². The van der Waals surface area contributed by atoms with Gasteiger partial charge in [0, 0.05) is 24.0 Å². The van der Waals surface area contributed by atoms with Crippen molar-refractivity contribution >= 4 is 32.4 Å². The quantitative estimate of drug-likeness (QED) is 0.504. The van der Waals surface area contributed by atoms with E-state index in [1.807, 2.05) is 19.1 Å². The maximum atomic E-state index is 7.48. The Kier molecular flexibility index (Phi) is 6.09. The van der Waals surface area contributed by atoms with Gasteiger partial charge in [-0.3, -0.25) is 0 Å². The van der Waals surface area contributed by atoms with E-state index >= 15 is 0 Å². The smallest absolute Gasteiger partial charge is 0.246 e. The van der Waals surface area contributed by atoms with Crippen molar-refractivity contribution in [3.05, 3.63) is 29.1 Å². The van der Waals surface area contributed by atoms with Gasteiger partial charge in [-0.1, -0.05) is 0 Å². The fourth-order valence-corrected chi connectivity index (χ4v) is 4.27. The molecule has 3 rings (SSSR count). The summed E-state index contributed by atoms with van der Waals surface area (Å²) in [5.74, 6) is 2.99. The van der Waals surface area contributed by atoms with Gasteiger partial charge in [-0.05, 0) is 38.5 Å². The molecular formula is C21H24N4O3S. The van der Waals surface area contributed by atoms with Crippen molar-refractivity contribution in [2.75, 3.05) is 39.3 Å². The van der Waals surface area contributed by atoms with Crippen LogP contribution < -0.4 is 19.1 Å². The van der Waals surface area contributed by atoms with Crippen molar-refractivity contribution in [3.63, 3.8) is 0 Å². The maximum Gasteiger partial charge on any atom is 0.246 e. The summed E-state index contributed by atoms with van der Waals surface area (Å²) in [5, 5.41) is 1.59. The molecule has 0 fully saturated rings. The number of anilines is 1. The normalized spacial score (nSPS) is 10.7. The molecule has 3 aromatic rings. The number of ether oxygens (including phenoxy) is 3. The fourth-order valence-electron chi connectivity index (χ4n) is 3.30. The molecule has 0 N–H and O–H groups in total. The molecule has 2 heterocycles. The number of hydrogen-bond donors (Lipinski definition) is 0. The highest BCUT2D eigenvalue weighted by molar-refractivity contribution is 7.22. The minimum Gasteiger partial charge on any atom is -0.493 e. The number of benzene rings is 1. The molecule has 0 spiro atoms. The standard InChI is InChI=1S/C21H24N4O3S/c1-8-25(9-2)19-16-12(3)20(22-4)29-21(16)24-18(23-19)13-10-14(26-5)17(28-7)15(11-13)27-6/h10-11H,8-9H2,1-3,5-7H3. The lowest BCUT2D eigenvalue weighted by atomic mass is 10.1. The Labute approximate surface area is 174 Å². The SMILES string of the molecule is [C-]#[N+]c1sc2nc(-c3cc(OC)c(OC)c(OC)c3)nc(N(CC)CC)c2c1C. The van der Waals surface area contributed by atoms with Gasteiger partial charge in [0.2, 0.25) is 10.8 Å². The molecular weight excluding hydrogens is 388 g/mol. The van der Waals surface area contributed by atoms with Crippen molar-refractivity contribution in [2.24, 2.45) is 0 Å². The molecule has 0 aliphatic rings. The van der Waals surface area contributed by atoms with E-state index in [0.717, 1.165) is 40.3 Å². The minimum atomic E-state index is 0.519. The molecule has 0 atom stereocenters. The van der Waals surface area contributed by atoms with Gasteiger partial charge < -0.3 is 19.1 Å². The molecule has 2 aromatic heterocycles. The van der Waals surface area contributed by atoms with E-state index in [2.05, 4.69) is 23.6 Å². The summed E-state index contributed by atoms with van der Waals surface area (Å²) in [5.41, 5.74) is 1.68. The second kappa shape index (κ2) is 8.53. The highest BCUT2D eigenvalue weighted by Crippen LogP contribution is 2.44. The van der Waals surface area contributed by atoms with Crippen LogP contribution in [0.1, 0.15) is 19.4 Å². The first-order valence-corrected chi connectivity index (χ1v) is 10.1. The molecule has 0 unspecified atom stereocenters. The number of aryl methyl sites for hydroxylation is 1. The van der Waals surface area contributed by atoms with E-state index < -0.39 is 0 Å². The number of hydrogen-bond acceptors (Lipinski definition) is 7. The van der Waals surface area contributed by atoms with Crippen LogP contribution in [-0.2, 0) is 0 Å². The Bertz CT molecular complexity index is 1060. The summed E-state index contributed by atoms with van der Waals surface area (Å²) in [6.45, 7) is 15.2. The molecule has 0 saturated heterocycles. The number of aromatic nitrogens is 2. The van der Waals surface area contributed by atoms with Crippen molar-refractivity contribution in [1.29, 1.82) is 0 Å². The maximum absolute atomic E-state index is 7.48. The third-order valence-electron chi connectivity index (χ3n) is 4.83. The molecule has 0 radical (unpaired) electrons. The van der Waals surface area contributed by atoms with Gasteiger partial charge in [-0.2, -0.15) is 0 Å². The van der Waals surface area contributed by atoms with E-state index in [4.69, 9.17) is 30.8 Å². The molecule has 7 nitrogen and oxygen atoms in total. The summed E-state index contributed by atoms with van der Waals surface area (Å²) >= 11 is 1.39. The van der Waals surface area contributed by atoms with Crippen molar-refractivity contribution in [3.8, 4) is 28.6 Å². The van der Waals surface area contributed by atoms with Crippen LogP contribution in [-0.4, -0.2) is 44.4 Å². The van der Waals surface area contributed by atoms with Gasteiger partial charge in [0.15, 0.2) is 17.3 Å². The molecule has 152 valence electrons. The first-order valence-electron chi connectivity index (χ1n) is 9.26. The van der Waals surface area contributed by atoms with Gasteiger partial charge in [-0.25, -0.2) is 14.8 Å². The molecule has 0 bridgehead atoms. The third kappa shape index (κ3) is 3.54. The zero-order valence-electron chi connectivity index (χ0n) is 17.5. The van der Waals surface area contributed by atoms with Gasteiger partial charge in [0.05, 0.1) is 27.9 Å². The number of thiophene rings is 1. The van der Waals surface area contributed by atoms with Crippen LogP contribution in [0.25, 0.3) is 26.4 Å². The summed E-state index contributed by atoms with van der Waals surface area (Å²) in [6, 6.07) is 3.68. The van der Waals surface area contributed by atoms with E-state index in [-0.39, 0.29) is 0 Å². The number of fused-ring (bicyclic) bond motifs is 1. The second-order valence-corrected chi connectivity index (χ2v) is 7.26. The first-order chi connectivity index (χ1) is 14.0. The highest BCUT2D eigenvalue weighted by Gasteiger charge is 2.21. The van der Waals surface area contributed by atoms with Crippen LogP contribution in [0.15, 0.2) is 12.1 Å². The van der Waals surface area contributed by atoms with Crippen LogP contribution in [0, 0.1) is 13.5 Å². The zero-order valence-corrected chi connectivity index (χ0v) is 18.3. The molecule has 8 heteroatoms. The molecule has 29 heavy (non-hydrogen) atoms. The summed E-state index contributed by atoms with van der Waals surface area (Å²) in [7, 11) is 4.73. The zero-order chi connectivity index (χ0) is 21.1. The number of nitrogens with zero attached hydrogens (tertiary/aromatic N) is 4. The lowest BCUT2D eigenvalue weighted by Crippen LogP contribution is -2.23. The predicted octanol–water partition coefficient (Wildman–Crippen LogP) is 5.09. The first kappa shape index (κ1) is 20.7. The van der Waals surface area contributed by atoms with Gasteiger partial charge in [-0.15, -0.1) is 11.3 Å². The third-order valence-corrected chi connectivity index (χ3v) is 5.91. The van der Waals surface area contributed by atoms with Crippen molar-refractivity contribution in [2.45, 2.75) is 20.8 Å². The van der Waals surface area contributed by atoms with Gasteiger partial charge in [0.25, 0.3) is 0 Å². The monoisotopic (exact) mass is 412 g/mol. The van der Waals surface area contributed by atoms with Crippen molar-refractivity contribution < 1.29 is 14.2 Å². The van der Waals surface area contributed by atoms with E-state index in [1.165, 1.54) is 11.3 Å². The van der Waals surface area contributed by atoms with Crippen LogP contribution >= 0.6 is 11.3 Å². The van der Waals surface area contributed by atoms with Gasteiger partial charge >= 0.3 is 0 Å². The van der Waals surface area contributed by atoms with Crippen LogP contribution in [0.2, 0.25) is 0 Å². The van der Waals surface area contributed by atoms with E-state index in [9.17, 15) is 0 Å². The summed E-state index contributed by atoms with van der Waals surface area (Å²) < 4.78 is 16.4. The summed E-state index contributed by atoms with van der Waals surface area (Å²) in [4.78, 5) is 16.3. The van der Waals surface area contributed by atoms with Crippen LogP contribution in [0.4, 0.5) is 10.8 Å².